The molecule has 2 aromatic carbocycles. The maximum atomic E-state index is 13.0. The molecule has 0 radical (unpaired) electrons. The first kappa shape index (κ1) is 27.6. The van der Waals surface area contributed by atoms with Crippen LogP contribution in [-0.4, -0.2) is 91.3 Å². The third kappa shape index (κ3) is 7.80. The molecule has 3 amide bonds. The number of carbonyl (C=O) groups excluding carboxylic acids is 2. The highest BCUT2D eigenvalue weighted by Gasteiger charge is 2.24. The molecule has 0 saturated carbocycles. The van der Waals surface area contributed by atoms with Gasteiger partial charge in [-0.25, -0.2) is 14.6 Å². The monoisotopic (exact) mass is 538 g/mol. The van der Waals surface area contributed by atoms with Gasteiger partial charge in [0.25, 0.3) is 0 Å². The van der Waals surface area contributed by atoms with Gasteiger partial charge in [0, 0.05) is 62.9 Å². The van der Waals surface area contributed by atoms with Crippen LogP contribution >= 0.6 is 11.6 Å². The summed E-state index contributed by atoms with van der Waals surface area (Å²) in [6.07, 6.45) is 1.77. The van der Waals surface area contributed by atoms with Crippen LogP contribution in [-0.2, 0) is 11.3 Å². The van der Waals surface area contributed by atoms with Crippen LogP contribution in [0.3, 0.4) is 0 Å². The van der Waals surface area contributed by atoms with E-state index in [9.17, 15) is 9.59 Å². The van der Waals surface area contributed by atoms with Crippen LogP contribution in [0.2, 0.25) is 5.02 Å². The molecule has 0 bridgehead atoms. The first-order valence-electron chi connectivity index (χ1n) is 12.8. The number of likely N-dealkylation sites (N-methyl/N-ethyl adjacent to an activating group) is 2. The average Bonchev–Trinajstić information content (AvgIpc) is 2.93. The smallest absolute Gasteiger partial charge is 0.412 e. The Hall–Kier alpha value is -3.40. The highest BCUT2D eigenvalue weighted by Crippen LogP contribution is 2.17. The number of fused-ring (bicyclic) bond motifs is 1. The van der Waals surface area contributed by atoms with Crippen LogP contribution in [0.15, 0.2) is 60.8 Å². The summed E-state index contributed by atoms with van der Waals surface area (Å²) >= 11 is 6.24. The molecule has 1 aliphatic heterocycles. The predicted octanol–water partition coefficient (Wildman–Crippen LogP) is 4.28. The van der Waals surface area contributed by atoms with Gasteiger partial charge in [-0.2, -0.15) is 0 Å². The van der Waals surface area contributed by atoms with Crippen molar-refractivity contribution in [2.45, 2.75) is 19.0 Å². The third-order valence-electron chi connectivity index (χ3n) is 6.90. The van der Waals surface area contributed by atoms with Gasteiger partial charge in [0.15, 0.2) is 0 Å². The van der Waals surface area contributed by atoms with Gasteiger partial charge in [-0.15, -0.1) is 0 Å². The third-order valence-corrected chi connectivity index (χ3v) is 7.27. The van der Waals surface area contributed by atoms with Gasteiger partial charge in [-0.05, 0) is 36.6 Å². The van der Waals surface area contributed by atoms with Gasteiger partial charge in [0.1, 0.15) is 12.4 Å². The van der Waals surface area contributed by atoms with Gasteiger partial charge >= 0.3 is 12.1 Å². The Bertz CT molecular complexity index is 1230. The first-order chi connectivity index (χ1) is 18.4. The summed E-state index contributed by atoms with van der Waals surface area (Å²) in [5, 5.41) is 8.18. The van der Waals surface area contributed by atoms with E-state index in [0.29, 0.717) is 23.8 Å². The molecule has 9 nitrogen and oxygen atoms in total. The second-order valence-corrected chi connectivity index (χ2v) is 10.00. The Morgan fingerprint density at radius 3 is 2.55 bits per heavy atom. The predicted molar refractivity (Wildman–Crippen MR) is 151 cm³/mol. The lowest BCUT2D eigenvalue weighted by molar-refractivity contribution is 0.0987. The first-order valence-corrected chi connectivity index (χ1v) is 13.2. The second kappa shape index (κ2) is 13.4. The van der Waals surface area contributed by atoms with Crippen molar-refractivity contribution in [2.24, 2.45) is 0 Å². The van der Waals surface area contributed by atoms with Crippen molar-refractivity contribution < 1.29 is 14.3 Å². The topological polar surface area (TPSA) is 90.0 Å². The normalized spacial score (nSPS) is 15.1. The SMILES string of the molecule is CN1CCN(CC[C@@H](COC(=O)Nc2cc3ccccc3cn2)N(C)C(=O)NCc2ccccc2Cl)CC1. The van der Waals surface area contributed by atoms with Gasteiger partial charge in [-0.3, -0.25) is 5.32 Å². The zero-order valence-electron chi connectivity index (χ0n) is 21.9. The van der Waals surface area contributed by atoms with Crippen LogP contribution in [0.25, 0.3) is 10.8 Å². The number of anilines is 1. The minimum Gasteiger partial charge on any atom is -0.447 e. The Morgan fingerprint density at radius 2 is 1.79 bits per heavy atom. The van der Waals surface area contributed by atoms with E-state index < -0.39 is 6.09 Å². The number of hydrogen-bond acceptors (Lipinski definition) is 6. The summed E-state index contributed by atoms with van der Waals surface area (Å²) < 4.78 is 5.57. The Balaban J connectivity index is 1.35. The van der Waals surface area contributed by atoms with Crippen LogP contribution in [0.5, 0.6) is 0 Å². The number of ether oxygens (including phenoxy) is 1. The molecule has 1 atom stereocenters. The highest BCUT2D eigenvalue weighted by molar-refractivity contribution is 6.31. The lowest BCUT2D eigenvalue weighted by Gasteiger charge is -2.34. The molecular weight excluding hydrogens is 504 g/mol. The van der Waals surface area contributed by atoms with Crippen molar-refractivity contribution in [3.63, 3.8) is 0 Å². The number of benzene rings is 2. The molecule has 1 aromatic heterocycles. The molecule has 202 valence electrons. The maximum Gasteiger partial charge on any atom is 0.412 e. The Kier molecular flexibility index (Phi) is 9.75. The largest absolute Gasteiger partial charge is 0.447 e. The molecule has 4 rings (SSSR count). The Morgan fingerprint density at radius 1 is 1.08 bits per heavy atom. The number of aromatic nitrogens is 1. The van der Waals surface area contributed by atoms with Crippen molar-refractivity contribution in [1.82, 2.24) is 25.0 Å². The highest BCUT2D eigenvalue weighted by atomic mass is 35.5. The molecule has 1 aliphatic rings. The Labute approximate surface area is 228 Å². The van der Waals surface area contributed by atoms with Crippen LogP contribution in [0.4, 0.5) is 15.4 Å². The maximum absolute atomic E-state index is 13.0. The van der Waals surface area contributed by atoms with Gasteiger partial charge in [0.2, 0.25) is 0 Å². The number of nitrogens with one attached hydrogen (secondary N) is 2. The molecule has 2 N–H and O–H groups in total. The zero-order valence-corrected chi connectivity index (χ0v) is 22.7. The quantitative estimate of drug-likeness (QED) is 0.422. The number of nitrogens with zero attached hydrogens (tertiary/aromatic N) is 4. The van der Waals surface area contributed by atoms with Crippen molar-refractivity contribution in [2.75, 3.05) is 58.7 Å². The molecular formula is C28H35ClN6O3. The molecule has 0 aliphatic carbocycles. The summed E-state index contributed by atoms with van der Waals surface area (Å²) in [5.41, 5.74) is 0.836. The van der Waals surface area contributed by atoms with Gasteiger partial charge in [0.05, 0.1) is 6.04 Å². The molecule has 0 spiro atoms. The van der Waals surface area contributed by atoms with E-state index in [2.05, 4.69) is 32.5 Å². The van der Waals surface area contributed by atoms with Gasteiger partial charge in [-0.1, -0.05) is 54.1 Å². The number of rotatable bonds is 9. The minimum atomic E-state index is -0.609. The number of hydrogen-bond donors (Lipinski definition) is 2. The molecule has 1 fully saturated rings. The van der Waals surface area contributed by atoms with E-state index in [1.807, 2.05) is 42.5 Å². The fourth-order valence-corrected chi connectivity index (χ4v) is 4.56. The fourth-order valence-electron chi connectivity index (χ4n) is 4.36. The lowest BCUT2D eigenvalue weighted by Crippen LogP contribution is -2.49. The minimum absolute atomic E-state index is 0.0587. The molecule has 10 heteroatoms. The summed E-state index contributed by atoms with van der Waals surface area (Å²) in [6, 6.07) is 16.4. The van der Waals surface area contributed by atoms with Crippen molar-refractivity contribution in [3.8, 4) is 0 Å². The second-order valence-electron chi connectivity index (χ2n) is 9.59. The van der Waals surface area contributed by atoms with Gasteiger partial charge < -0.3 is 24.8 Å². The molecule has 2 heterocycles. The number of amides is 3. The number of halogens is 1. The van der Waals surface area contributed by atoms with Crippen LogP contribution in [0, 0.1) is 0 Å². The molecule has 0 unspecified atom stereocenters. The summed E-state index contributed by atoms with van der Waals surface area (Å²) in [5.74, 6) is 0.411. The van der Waals surface area contributed by atoms with E-state index >= 15 is 0 Å². The lowest BCUT2D eigenvalue weighted by atomic mass is 10.1. The summed E-state index contributed by atoms with van der Waals surface area (Å²) in [4.78, 5) is 36.2. The van der Waals surface area contributed by atoms with E-state index in [1.165, 1.54) is 0 Å². The van der Waals surface area contributed by atoms with E-state index in [1.54, 1.807) is 30.3 Å². The average molecular weight is 539 g/mol. The summed E-state index contributed by atoms with van der Waals surface area (Å²) in [7, 11) is 3.84. The number of piperazine rings is 1. The summed E-state index contributed by atoms with van der Waals surface area (Å²) in [6.45, 7) is 5.14. The fraction of sp³-hybridized carbons (Fsp3) is 0.393. The van der Waals surface area contributed by atoms with Crippen molar-refractivity contribution >= 4 is 40.3 Å². The number of urea groups is 1. The molecule has 3 aromatic rings. The van der Waals surface area contributed by atoms with Crippen LogP contribution < -0.4 is 10.6 Å². The van der Waals surface area contributed by atoms with E-state index in [-0.39, 0.29) is 18.7 Å². The van der Waals surface area contributed by atoms with E-state index in [4.69, 9.17) is 16.3 Å². The molecule has 38 heavy (non-hydrogen) atoms. The standard InChI is InChI=1S/C28H35ClN6O3/c1-33-13-15-35(16-14-33)12-11-24(34(2)27(36)31-19-23-9-5-6-10-25(23)29)20-38-28(37)32-26-17-21-7-3-4-8-22(21)18-30-26/h3-10,17-18,24H,11-16,19-20H2,1-2H3,(H,31,36)(H,30,32,37)/t24-/m0/s1. The van der Waals surface area contributed by atoms with E-state index in [0.717, 1.165) is 49.1 Å². The molecule has 1 saturated heterocycles. The van der Waals surface area contributed by atoms with Crippen molar-refractivity contribution in [1.29, 1.82) is 0 Å². The van der Waals surface area contributed by atoms with Crippen molar-refractivity contribution in [3.05, 3.63) is 71.4 Å². The van der Waals surface area contributed by atoms with Crippen LogP contribution in [0.1, 0.15) is 12.0 Å². The zero-order chi connectivity index (χ0) is 26.9. The number of pyridine rings is 1. The number of carbonyl (C=O) groups is 2.